The molecule has 0 bridgehead atoms. The van der Waals surface area contributed by atoms with Crippen LogP contribution in [0.5, 0.6) is 11.8 Å². The first-order chi connectivity index (χ1) is 18.5. The van der Waals surface area contributed by atoms with E-state index in [-0.39, 0.29) is 6.01 Å². The van der Waals surface area contributed by atoms with Crippen molar-refractivity contribution in [3.63, 3.8) is 0 Å². The van der Waals surface area contributed by atoms with Gasteiger partial charge in [-0.3, -0.25) is 4.98 Å². The van der Waals surface area contributed by atoms with Crippen LogP contribution in [-0.2, 0) is 0 Å². The Hall–Kier alpha value is -4.29. The summed E-state index contributed by atoms with van der Waals surface area (Å²) in [6.45, 7) is 3.48. The number of hydrogen-bond donors (Lipinski definition) is 0. The molecule has 38 heavy (non-hydrogen) atoms. The van der Waals surface area contributed by atoms with Crippen molar-refractivity contribution in [1.82, 2.24) is 24.6 Å². The Kier molecular flexibility index (Phi) is 6.26. The summed E-state index contributed by atoms with van der Waals surface area (Å²) in [5, 5.41) is 12.4. The van der Waals surface area contributed by atoms with Gasteiger partial charge < -0.3 is 9.75 Å². The Morgan fingerprint density at radius 3 is 2.68 bits per heavy atom. The maximum Gasteiger partial charge on any atom is 0.322 e. The SMILES string of the molecule is Cc1ccnc(Oc2ccc(-c3cc4c(cc3F)ncc3ncn(N5CCC(CC#N)CC5)c34)c(Cl)c2)n1. The van der Waals surface area contributed by atoms with Gasteiger partial charge >= 0.3 is 6.01 Å². The third kappa shape index (κ3) is 4.48. The molecule has 10 heteroatoms. The van der Waals surface area contributed by atoms with E-state index in [4.69, 9.17) is 21.6 Å². The Bertz CT molecular complexity index is 1710. The van der Waals surface area contributed by atoms with Crippen LogP contribution in [0.2, 0.25) is 5.02 Å². The molecule has 0 N–H and O–H groups in total. The van der Waals surface area contributed by atoms with E-state index in [0.29, 0.717) is 39.8 Å². The zero-order chi connectivity index (χ0) is 26.2. The van der Waals surface area contributed by atoms with E-state index in [0.717, 1.165) is 48.0 Å². The molecule has 1 fully saturated rings. The van der Waals surface area contributed by atoms with Crippen molar-refractivity contribution in [1.29, 1.82) is 5.26 Å². The normalized spacial score (nSPS) is 14.2. The predicted molar refractivity (Wildman–Crippen MR) is 143 cm³/mol. The lowest BCUT2D eigenvalue weighted by Gasteiger charge is -2.33. The maximum absolute atomic E-state index is 15.4. The molecule has 0 amide bonds. The van der Waals surface area contributed by atoms with Gasteiger partial charge in [0.05, 0.1) is 22.8 Å². The molecular formula is C28H23ClFN7O. The van der Waals surface area contributed by atoms with Crippen LogP contribution in [0.1, 0.15) is 25.0 Å². The molecule has 1 aliphatic heterocycles. The number of fused-ring (bicyclic) bond motifs is 3. The van der Waals surface area contributed by atoms with E-state index in [9.17, 15) is 0 Å². The van der Waals surface area contributed by atoms with Crippen molar-refractivity contribution < 1.29 is 9.13 Å². The first-order valence-corrected chi connectivity index (χ1v) is 12.7. The van der Waals surface area contributed by atoms with Gasteiger partial charge in [-0.15, -0.1) is 0 Å². The minimum atomic E-state index is -0.426. The topological polar surface area (TPSA) is 92.8 Å². The smallest absolute Gasteiger partial charge is 0.322 e. The fourth-order valence-corrected chi connectivity index (χ4v) is 5.22. The molecule has 3 aromatic heterocycles. The van der Waals surface area contributed by atoms with E-state index in [1.807, 2.05) is 11.6 Å². The highest BCUT2D eigenvalue weighted by Gasteiger charge is 2.22. The quantitative estimate of drug-likeness (QED) is 0.269. The van der Waals surface area contributed by atoms with Gasteiger partial charge in [0.15, 0.2) is 0 Å². The lowest BCUT2D eigenvalue weighted by atomic mass is 9.95. The molecule has 1 saturated heterocycles. The molecule has 0 atom stereocenters. The zero-order valence-electron chi connectivity index (χ0n) is 20.6. The van der Waals surface area contributed by atoms with Gasteiger partial charge in [0, 0.05) is 60.0 Å². The molecule has 1 aliphatic rings. The predicted octanol–water partition coefficient (Wildman–Crippen LogP) is 6.20. The van der Waals surface area contributed by atoms with Crippen molar-refractivity contribution in [3.05, 3.63) is 71.7 Å². The van der Waals surface area contributed by atoms with Gasteiger partial charge in [0.2, 0.25) is 0 Å². The average molecular weight is 528 g/mol. The van der Waals surface area contributed by atoms with Gasteiger partial charge in [-0.2, -0.15) is 5.26 Å². The molecule has 0 aliphatic carbocycles. The number of nitriles is 1. The number of imidazole rings is 1. The maximum atomic E-state index is 15.4. The molecule has 8 nitrogen and oxygen atoms in total. The van der Waals surface area contributed by atoms with Gasteiger partial charge in [0.25, 0.3) is 0 Å². The first kappa shape index (κ1) is 24.1. The molecule has 2 aromatic carbocycles. The van der Waals surface area contributed by atoms with Crippen LogP contribution in [0.4, 0.5) is 4.39 Å². The lowest BCUT2D eigenvalue weighted by molar-refractivity contribution is 0.371. The van der Waals surface area contributed by atoms with E-state index in [2.05, 4.69) is 31.0 Å². The van der Waals surface area contributed by atoms with Crippen LogP contribution in [0.15, 0.2) is 55.1 Å². The highest BCUT2D eigenvalue weighted by Crippen LogP contribution is 2.37. The summed E-state index contributed by atoms with van der Waals surface area (Å²) < 4.78 is 23.1. The van der Waals surface area contributed by atoms with Crippen molar-refractivity contribution in [2.75, 3.05) is 18.1 Å². The third-order valence-corrected chi connectivity index (χ3v) is 7.25. The van der Waals surface area contributed by atoms with Crippen molar-refractivity contribution in [2.45, 2.75) is 26.2 Å². The molecule has 6 rings (SSSR count). The molecule has 0 radical (unpaired) electrons. The number of ether oxygens (including phenoxy) is 1. The number of hydrogen-bond acceptors (Lipinski definition) is 7. The van der Waals surface area contributed by atoms with Gasteiger partial charge in [-0.1, -0.05) is 11.6 Å². The van der Waals surface area contributed by atoms with Gasteiger partial charge in [0.1, 0.15) is 28.9 Å². The Morgan fingerprint density at radius 1 is 1.08 bits per heavy atom. The third-order valence-electron chi connectivity index (χ3n) is 6.93. The Balaban J connectivity index is 1.38. The van der Waals surface area contributed by atoms with Crippen LogP contribution in [-0.4, -0.2) is 37.7 Å². The summed E-state index contributed by atoms with van der Waals surface area (Å²) in [6, 6.07) is 12.6. The summed E-state index contributed by atoms with van der Waals surface area (Å²) in [4.78, 5) is 17.4. The summed E-state index contributed by atoms with van der Waals surface area (Å²) in [5.74, 6) is 0.439. The monoisotopic (exact) mass is 527 g/mol. The van der Waals surface area contributed by atoms with Crippen molar-refractivity contribution in [3.8, 4) is 29.0 Å². The Morgan fingerprint density at radius 2 is 1.92 bits per heavy atom. The van der Waals surface area contributed by atoms with Crippen LogP contribution in [0.25, 0.3) is 33.1 Å². The van der Waals surface area contributed by atoms with Crippen LogP contribution in [0, 0.1) is 30.0 Å². The van der Waals surface area contributed by atoms with E-state index < -0.39 is 5.82 Å². The number of aromatic nitrogens is 5. The number of aryl methyl sites for hydroxylation is 1. The molecule has 0 unspecified atom stereocenters. The molecule has 190 valence electrons. The number of benzene rings is 2. The highest BCUT2D eigenvalue weighted by atomic mass is 35.5. The summed E-state index contributed by atoms with van der Waals surface area (Å²) in [7, 11) is 0. The standard InChI is InChI=1S/C28H23ClFN7O/c1-17-5-9-32-28(35-17)38-19-2-3-20(23(29)12-19)21-13-22-25(14-24(21)30)33-15-26-27(22)37(16-34-26)36-10-6-18(4-8-31)7-11-36/h2-3,5,9,12-16,18H,4,6-7,10-11H2,1H3. The fraction of sp³-hybridized carbons (Fsp3) is 0.250. The summed E-state index contributed by atoms with van der Waals surface area (Å²) in [5.41, 5.74) is 3.79. The van der Waals surface area contributed by atoms with Gasteiger partial charge in [-0.05, 0) is 49.9 Å². The lowest BCUT2D eigenvalue weighted by Crippen LogP contribution is -2.41. The second-order valence-electron chi connectivity index (χ2n) is 9.41. The number of nitrogens with zero attached hydrogens (tertiary/aromatic N) is 7. The van der Waals surface area contributed by atoms with E-state index >= 15 is 4.39 Å². The number of rotatable bonds is 5. The minimum absolute atomic E-state index is 0.212. The van der Waals surface area contributed by atoms with Gasteiger partial charge in [-0.25, -0.2) is 24.0 Å². The number of piperidine rings is 1. The highest BCUT2D eigenvalue weighted by molar-refractivity contribution is 6.33. The number of halogens is 2. The van der Waals surface area contributed by atoms with Crippen molar-refractivity contribution in [2.24, 2.45) is 5.92 Å². The Labute approximate surface area is 223 Å². The first-order valence-electron chi connectivity index (χ1n) is 12.3. The van der Waals surface area contributed by atoms with E-state index in [1.54, 1.807) is 49.1 Å². The molecule has 5 aromatic rings. The molecular weight excluding hydrogens is 505 g/mol. The summed E-state index contributed by atoms with van der Waals surface area (Å²) >= 11 is 6.62. The minimum Gasteiger partial charge on any atom is -0.424 e. The molecule has 4 heterocycles. The fourth-order valence-electron chi connectivity index (χ4n) is 4.95. The average Bonchev–Trinajstić information content (AvgIpc) is 3.34. The van der Waals surface area contributed by atoms with E-state index in [1.165, 1.54) is 6.07 Å². The number of pyridine rings is 1. The molecule has 0 saturated carbocycles. The summed E-state index contributed by atoms with van der Waals surface area (Å²) in [6.07, 6.45) is 7.53. The van der Waals surface area contributed by atoms with Crippen molar-refractivity contribution >= 4 is 33.5 Å². The van der Waals surface area contributed by atoms with Crippen LogP contribution in [0.3, 0.4) is 0 Å². The second-order valence-corrected chi connectivity index (χ2v) is 9.82. The van der Waals surface area contributed by atoms with Crippen LogP contribution < -0.4 is 9.75 Å². The molecule has 0 spiro atoms. The largest absolute Gasteiger partial charge is 0.424 e. The second kappa shape index (κ2) is 9.88. The van der Waals surface area contributed by atoms with Crippen LogP contribution >= 0.6 is 11.6 Å². The zero-order valence-corrected chi connectivity index (χ0v) is 21.4.